The van der Waals surface area contributed by atoms with E-state index in [2.05, 4.69) is 17.2 Å². The van der Waals surface area contributed by atoms with Gasteiger partial charge in [-0.25, -0.2) is 4.79 Å². The molecule has 2 aromatic carbocycles. The number of hydrogen-bond acceptors (Lipinski definition) is 2. The van der Waals surface area contributed by atoms with Crippen molar-refractivity contribution in [2.45, 2.75) is 6.92 Å². The van der Waals surface area contributed by atoms with Crippen LogP contribution in [0.25, 0.3) is 0 Å². The van der Waals surface area contributed by atoms with E-state index in [0.717, 1.165) is 5.57 Å². The number of nitrogens with one attached hydrogen (secondary N) is 2. The molecule has 0 spiro atoms. The van der Waals surface area contributed by atoms with E-state index in [1.54, 1.807) is 36.4 Å². The molecule has 114 valence electrons. The first-order valence-corrected chi connectivity index (χ1v) is 7.11. The number of carbonyl (C=O) groups excluding carboxylic acids is 1. The number of carbonyl (C=O) groups is 1. The van der Waals surface area contributed by atoms with E-state index in [1.165, 1.54) is 0 Å². The lowest BCUT2D eigenvalue weighted by Gasteiger charge is -2.10. The molecule has 2 rings (SSSR count). The molecule has 4 nitrogen and oxygen atoms in total. The lowest BCUT2D eigenvalue weighted by atomic mass is 10.3. The number of amides is 2. The highest BCUT2D eigenvalue weighted by Gasteiger charge is 2.04. The van der Waals surface area contributed by atoms with Gasteiger partial charge in [0.2, 0.25) is 0 Å². The maximum atomic E-state index is 11.9. The highest BCUT2D eigenvalue weighted by molar-refractivity contribution is 6.30. The molecular weight excluding hydrogens is 300 g/mol. The summed E-state index contributed by atoms with van der Waals surface area (Å²) in [4.78, 5) is 11.9. The Morgan fingerprint density at radius 3 is 2.50 bits per heavy atom. The molecule has 0 saturated carbocycles. The van der Waals surface area contributed by atoms with Gasteiger partial charge >= 0.3 is 6.03 Å². The summed E-state index contributed by atoms with van der Waals surface area (Å²) in [7, 11) is 0. The number of benzene rings is 2. The minimum Gasteiger partial charge on any atom is -0.489 e. The Bertz CT molecular complexity index is 669. The molecule has 0 radical (unpaired) electrons. The topological polar surface area (TPSA) is 50.4 Å². The van der Waals surface area contributed by atoms with Crippen molar-refractivity contribution in [2.24, 2.45) is 0 Å². The molecule has 0 saturated heterocycles. The fourth-order valence-electron chi connectivity index (χ4n) is 1.70. The van der Waals surface area contributed by atoms with E-state index in [0.29, 0.717) is 28.8 Å². The smallest absolute Gasteiger partial charge is 0.323 e. The first kappa shape index (κ1) is 15.9. The van der Waals surface area contributed by atoms with E-state index in [1.807, 2.05) is 19.1 Å². The van der Waals surface area contributed by atoms with E-state index in [9.17, 15) is 4.79 Å². The Morgan fingerprint density at radius 2 is 1.82 bits per heavy atom. The molecule has 0 aromatic heterocycles. The Kier molecular flexibility index (Phi) is 5.44. The summed E-state index contributed by atoms with van der Waals surface area (Å²) < 4.78 is 5.54. The van der Waals surface area contributed by atoms with Gasteiger partial charge in [0.1, 0.15) is 12.4 Å². The van der Waals surface area contributed by atoms with Gasteiger partial charge in [-0.1, -0.05) is 24.2 Å². The van der Waals surface area contributed by atoms with Crippen molar-refractivity contribution in [1.29, 1.82) is 0 Å². The number of rotatable bonds is 5. The van der Waals surface area contributed by atoms with Gasteiger partial charge in [-0.3, -0.25) is 0 Å². The van der Waals surface area contributed by atoms with Crippen LogP contribution in [0.15, 0.2) is 60.7 Å². The van der Waals surface area contributed by atoms with Crippen molar-refractivity contribution in [2.75, 3.05) is 17.2 Å². The molecule has 0 atom stereocenters. The first-order chi connectivity index (χ1) is 10.5. The number of anilines is 2. The second kappa shape index (κ2) is 7.52. The Morgan fingerprint density at radius 1 is 1.14 bits per heavy atom. The van der Waals surface area contributed by atoms with Crippen molar-refractivity contribution in [3.8, 4) is 5.75 Å². The van der Waals surface area contributed by atoms with Crippen LogP contribution in [0.3, 0.4) is 0 Å². The Balaban J connectivity index is 1.94. The van der Waals surface area contributed by atoms with Gasteiger partial charge in [-0.15, -0.1) is 0 Å². The molecule has 22 heavy (non-hydrogen) atoms. The number of ether oxygens (including phenoxy) is 1. The molecule has 2 N–H and O–H groups in total. The molecule has 0 aliphatic rings. The SMILES string of the molecule is C=C(C)COc1cccc(NC(=O)Nc2ccc(Cl)cc2)c1. The van der Waals surface area contributed by atoms with E-state index in [-0.39, 0.29) is 6.03 Å². The van der Waals surface area contributed by atoms with Crippen LogP contribution >= 0.6 is 11.6 Å². The second-order valence-electron chi connectivity index (χ2n) is 4.86. The molecule has 0 aliphatic carbocycles. The van der Waals surface area contributed by atoms with Crippen molar-refractivity contribution in [1.82, 2.24) is 0 Å². The van der Waals surface area contributed by atoms with Gasteiger partial charge in [0.15, 0.2) is 0 Å². The molecule has 0 fully saturated rings. The number of halogens is 1. The maximum Gasteiger partial charge on any atom is 0.323 e. The molecular formula is C17H17ClN2O2. The maximum absolute atomic E-state index is 11.9. The highest BCUT2D eigenvalue weighted by Crippen LogP contribution is 2.18. The van der Waals surface area contributed by atoms with Crippen LogP contribution in [0, 0.1) is 0 Å². The second-order valence-corrected chi connectivity index (χ2v) is 5.30. The van der Waals surface area contributed by atoms with Crippen LogP contribution in [0.2, 0.25) is 5.02 Å². The predicted octanol–water partition coefficient (Wildman–Crippen LogP) is 4.94. The van der Waals surface area contributed by atoms with Crippen LogP contribution in [-0.2, 0) is 0 Å². The van der Waals surface area contributed by atoms with Crippen molar-refractivity contribution >= 4 is 29.0 Å². The third-order valence-electron chi connectivity index (χ3n) is 2.68. The zero-order valence-corrected chi connectivity index (χ0v) is 13.0. The van der Waals surface area contributed by atoms with E-state index >= 15 is 0 Å². The van der Waals surface area contributed by atoms with Gasteiger partial charge in [0, 0.05) is 22.5 Å². The average Bonchev–Trinajstić information content (AvgIpc) is 2.48. The molecule has 2 aromatic rings. The minimum absolute atomic E-state index is 0.334. The molecule has 5 heteroatoms. The van der Waals surface area contributed by atoms with E-state index < -0.39 is 0 Å². The van der Waals surface area contributed by atoms with Gasteiger partial charge < -0.3 is 15.4 Å². The summed E-state index contributed by atoms with van der Waals surface area (Å²) >= 11 is 5.80. The van der Waals surface area contributed by atoms with Crippen LogP contribution in [0.5, 0.6) is 5.75 Å². The summed E-state index contributed by atoms with van der Waals surface area (Å²) in [6.07, 6.45) is 0. The van der Waals surface area contributed by atoms with Gasteiger partial charge in [-0.2, -0.15) is 0 Å². The number of hydrogen-bond donors (Lipinski definition) is 2. The van der Waals surface area contributed by atoms with Crippen LogP contribution in [0.1, 0.15) is 6.92 Å². The largest absolute Gasteiger partial charge is 0.489 e. The average molecular weight is 317 g/mol. The van der Waals surface area contributed by atoms with Gasteiger partial charge in [-0.05, 0) is 48.9 Å². The molecule has 2 amide bonds. The molecule has 0 unspecified atom stereocenters. The van der Waals surface area contributed by atoms with Crippen LogP contribution in [-0.4, -0.2) is 12.6 Å². The number of urea groups is 1. The molecule has 0 bridgehead atoms. The Labute approximate surface area is 134 Å². The fraction of sp³-hybridized carbons (Fsp3) is 0.118. The summed E-state index contributed by atoms with van der Waals surface area (Å²) in [6.45, 7) is 6.12. The zero-order valence-electron chi connectivity index (χ0n) is 12.2. The third kappa shape index (κ3) is 5.14. The first-order valence-electron chi connectivity index (χ1n) is 6.74. The lowest BCUT2D eigenvalue weighted by Crippen LogP contribution is -2.19. The zero-order chi connectivity index (χ0) is 15.9. The van der Waals surface area contributed by atoms with E-state index in [4.69, 9.17) is 16.3 Å². The van der Waals surface area contributed by atoms with Crippen molar-refractivity contribution < 1.29 is 9.53 Å². The van der Waals surface area contributed by atoms with Gasteiger partial charge in [0.05, 0.1) is 0 Å². The summed E-state index contributed by atoms with van der Waals surface area (Å²) in [5.41, 5.74) is 2.24. The monoisotopic (exact) mass is 316 g/mol. The summed E-state index contributed by atoms with van der Waals surface area (Å²) in [5, 5.41) is 6.09. The fourth-order valence-corrected chi connectivity index (χ4v) is 1.82. The minimum atomic E-state index is -0.334. The van der Waals surface area contributed by atoms with Crippen LogP contribution < -0.4 is 15.4 Å². The van der Waals surface area contributed by atoms with Crippen molar-refractivity contribution in [3.05, 3.63) is 65.7 Å². The van der Waals surface area contributed by atoms with Crippen molar-refractivity contribution in [3.63, 3.8) is 0 Å². The lowest BCUT2D eigenvalue weighted by molar-refractivity contribution is 0.262. The quantitative estimate of drug-likeness (QED) is 0.768. The standard InChI is InChI=1S/C17H17ClN2O2/c1-12(2)11-22-16-5-3-4-15(10-16)20-17(21)19-14-8-6-13(18)7-9-14/h3-10H,1,11H2,2H3,(H2,19,20,21). The normalized spacial score (nSPS) is 9.91. The Hall–Kier alpha value is -2.46. The van der Waals surface area contributed by atoms with Gasteiger partial charge in [0.25, 0.3) is 0 Å². The van der Waals surface area contributed by atoms with Crippen LogP contribution in [0.4, 0.5) is 16.2 Å². The predicted molar refractivity (Wildman–Crippen MR) is 90.8 cm³/mol. The molecule has 0 aliphatic heterocycles. The molecule has 0 heterocycles. The summed E-state index contributed by atoms with van der Waals surface area (Å²) in [5.74, 6) is 0.673. The highest BCUT2D eigenvalue weighted by atomic mass is 35.5. The summed E-state index contributed by atoms with van der Waals surface area (Å²) in [6, 6.07) is 13.7. The third-order valence-corrected chi connectivity index (χ3v) is 2.93.